The van der Waals surface area contributed by atoms with Crippen molar-refractivity contribution < 1.29 is 22.7 Å². The van der Waals surface area contributed by atoms with E-state index in [4.69, 9.17) is 16.3 Å². The summed E-state index contributed by atoms with van der Waals surface area (Å²) in [4.78, 5) is 29.0. The van der Waals surface area contributed by atoms with Crippen molar-refractivity contribution in [1.29, 1.82) is 0 Å². The van der Waals surface area contributed by atoms with E-state index in [1.807, 2.05) is 0 Å². The monoisotopic (exact) mass is 493 g/mol. The summed E-state index contributed by atoms with van der Waals surface area (Å²) in [6.45, 7) is 0.344. The van der Waals surface area contributed by atoms with Crippen LogP contribution in [0, 0.1) is 5.92 Å². The second-order valence-corrected chi connectivity index (χ2v) is 10.7. The van der Waals surface area contributed by atoms with Gasteiger partial charge in [0.1, 0.15) is 0 Å². The number of carbonyl (C=O) groups excluding carboxylic acids is 2. The minimum atomic E-state index is -3.90. The molecule has 4 rings (SSSR count). The number of hydrogen-bond donors (Lipinski definition) is 1. The van der Waals surface area contributed by atoms with Crippen molar-refractivity contribution in [3.8, 4) is 0 Å². The number of hydrogen-bond acceptors (Lipinski definition) is 7. The van der Waals surface area contributed by atoms with Crippen molar-refractivity contribution >= 4 is 60.2 Å². The Kier molecular flexibility index (Phi) is 6.47. The van der Waals surface area contributed by atoms with E-state index in [0.717, 1.165) is 10.2 Å². The smallest absolute Gasteiger partial charge is 0.339 e. The lowest BCUT2D eigenvalue weighted by Gasteiger charge is -2.30. The maximum Gasteiger partial charge on any atom is 0.339 e. The number of sulfonamides is 1. The zero-order chi connectivity index (χ0) is 22.9. The number of thiazole rings is 1. The van der Waals surface area contributed by atoms with E-state index in [-0.39, 0.29) is 35.4 Å². The highest BCUT2D eigenvalue weighted by atomic mass is 35.5. The van der Waals surface area contributed by atoms with E-state index in [0.29, 0.717) is 23.0 Å². The van der Waals surface area contributed by atoms with Gasteiger partial charge in [0.05, 0.1) is 27.8 Å². The first-order valence-electron chi connectivity index (χ1n) is 9.84. The average Bonchev–Trinajstić information content (AvgIpc) is 3.19. The summed E-state index contributed by atoms with van der Waals surface area (Å²) in [5.74, 6) is -1.24. The Morgan fingerprint density at radius 1 is 1.19 bits per heavy atom. The molecule has 0 radical (unpaired) electrons. The molecule has 0 saturated carbocycles. The molecule has 0 spiro atoms. The van der Waals surface area contributed by atoms with Gasteiger partial charge in [-0.05, 0) is 43.2 Å². The molecule has 2 aromatic carbocycles. The van der Waals surface area contributed by atoms with Crippen LogP contribution in [0.25, 0.3) is 10.2 Å². The van der Waals surface area contributed by atoms with E-state index in [1.54, 1.807) is 30.3 Å². The number of anilines is 1. The first-order valence-corrected chi connectivity index (χ1v) is 12.5. The van der Waals surface area contributed by atoms with Gasteiger partial charge in [-0.2, -0.15) is 4.31 Å². The molecule has 0 atom stereocenters. The van der Waals surface area contributed by atoms with Gasteiger partial charge in [-0.1, -0.05) is 35.1 Å². The van der Waals surface area contributed by atoms with Gasteiger partial charge in [0, 0.05) is 24.0 Å². The highest BCUT2D eigenvalue weighted by molar-refractivity contribution is 7.89. The van der Waals surface area contributed by atoms with Gasteiger partial charge in [-0.15, -0.1) is 0 Å². The Morgan fingerprint density at radius 3 is 2.62 bits per heavy atom. The fourth-order valence-electron chi connectivity index (χ4n) is 3.63. The third-order valence-electron chi connectivity index (χ3n) is 5.32. The standard InChI is InChI=1S/C21H20ClN3O5S2/c1-30-20(27)15-4-2-3-5-18(15)32(28,29)25-10-8-13(9-11-25)19(26)24-21-23-16-7-6-14(22)12-17(16)31-21/h2-7,12-13H,8-11H2,1H3,(H,23,24,26). The summed E-state index contributed by atoms with van der Waals surface area (Å²) in [5, 5.41) is 3.91. The molecule has 0 aliphatic carbocycles. The molecule has 2 heterocycles. The molecule has 8 nitrogen and oxygen atoms in total. The number of rotatable bonds is 5. The summed E-state index contributed by atoms with van der Waals surface area (Å²) in [6, 6.07) is 11.3. The molecule has 1 amide bonds. The molecule has 0 bridgehead atoms. The molecular weight excluding hydrogens is 474 g/mol. The third-order valence-corrected chi connectivity index (χ3v) is 8.44. The van der Waals surface area contributed by atoms with Crippen LogP contribution in [-0.2, 0) is 19.6 Å². The number of ether oxygens (including phenoxy) is 1. The first-order chi connectivity index (χ1) is 15.3. The summed E-state index contributed by atoms with van der Waals surface area (Å²) in [6.07, 6.45) is 0.727. The molecule has 1 aliphatic rings. The number of methoxy groups -OCH3 is 1. The van der Waals surface area contributed by atoms with Gasteiger partial charge in [0.15, 0.2) is 5.13 Å². The van der Waals surface area contributed by atoms with Gasteiger partial charge >= 0.3 is 5.97 Å². The van der Waals surface area contributed by atoms with Gasteiger partial charge in [0.2, 0.25) is 15.9 Å². The number of piperidine rings is 1. The number of aromatic nitrogens is 1. The molecule has 1 aromatic heterocycles. The lowest BCUT2D eigenvalue weighted by Crippen LogP contribution is -2.41. The molecule has 1 N–H and O–H groups in total. The van der Waals surface area contributed by atoms with Crippen molar-refractivity contribution in [2.45, 2.75) is 17.7 Å². The normalized spacial score (nSPS) is 15.6. The molecule has 168 valence electrons. The average molecular weight is 494 g/mol. The zero-order valence-electron chi connectivity index (χ0n) is 17.1. The predicted molar refractivity (Wildman–Crippen MR) is 123 cm³/mol. The summed E-state index contributed by atoms with van der Waals surface area (Å²) in [5.41, 5.74) is 0.741. The minimum Gasteiger partial charge on any atom is -0.465 e. The van der Waals surface area contributed by atoms with Crippen molar-refractivity contribution in [2.24, 2.45) is 5.92 Å². The van der Waals surface area contributed by atoms with Crippen LogP contribution < -0.4 is 5.32 Å². The van der Waals surface area contributed by atoms with Crippen LogP contribution in [0.15, 0.2) is 47.4 Å². The van der Waals surface area contributed by atoms with Crippen molar-refractivity contribution in [3.63, 3.8) is 0 Å². The highest BCUT2D eigenvalue weighted by Gasteiger charge is 2.34. The molecule has 32 heavy (non-hydrogen) atoms. The minimum absolute atomic E-state index is 0.00851. The number of benzene rings is 2. The molecule has 0 unspecified atom stereocenters. The first kappa shape index (κ1) is 22.7. The third kappa shape index (κ3) is 4.49. The van der Waals surface area contributed by atoms with Crippen LogP contribution >= 0.6 is 22.9 Å². The van der Waals surface area contributed by atoms with Crippen molar-refractivity contribution in [1.82, 2.24) is 9.29 Å². The molecule has 11 heteroatoms. The summed E-state index contributed by atoms with van der Waals surface area (Å²) in [7, 11) is -2.69. The molecule has 1 aliphatic heterocycles. The zero-order valence-corrected chi connectivity index (χ0v) is 19.5. The van der Waals surface area contributed by atoms with Crippen LogP contribution in [0.4, 0.5) is 5.13 Å². The Hall–Kier alpha value is -2.53. The fourth-order valence-corrected chi connectivity index (χ4v) is 6.42. The maximum atomic E-state index is 13.1. The van der Waals surface area contributed by atoms with Gasteiger partial charge in [0.25, 0.3) is 0 Å². The fraction of sp³-hybridized carbons (Fsp3) is 0.286. The van der Waals surface area contributed by atoms with Crippen molar-refractivity contribution in [2.75, 3.05) is 25.5 Å². The molecule has 1 fully saturated rings. The van der Waals surface area contributed by atoms with E-state index in [2.05, 4.69) is 10.3 Å². The molecule has 1 saturated heterocycles. The maximum absolute atomic E-state index is 13.1. The number of carbonyl (C=O) groups is 2. The van der Waals surface area contributed by atoms with Crippen LogP contribution in [0.3, 0.4) is 0 Å². The van der Waals surface area contributed by atoms with Crippen LogP contribution in [-0.4, -0.2) is 49.8 Å². The summed E-state index contributed by atoms with van der Waals surface area (Å²) < 4.78 is 33.1. The number of fused-ring (bicyclic) bond motifs is 1. The van der Waals surface area contributed by atoms with E-state index in [1.165, 1.54) is 34.9 Å². The lowest BCUT2D eigenvalue weighted by atomic mass is 9.97. The van der Waals surface area contributed by atoms with E-state index < -0.39 is 16.0 Å². The van der Waals surface area contributed by atoms with E-state index >= 15 is 0 Å². The Bertz CT molecular complexity index is 1280. The topological polar surface area (TPSA) is 106 Å². The Labute approximate surface area is 194 Å². The number of nitrogens with one attached hydrogen (secondary N) is 1. The van der Waals surface area contributed by atoms with Crippen LogP contribution in [0.5, 0.6) is 0 Å². The second-order valence-electron chi connectivity index (χ2n) is 7.29. The van der Waals surface area contributed by atoms with E-state index in [9.17, 15) is 18.0 Å². The lowest BCUT2D eigenvalue weighted by molar-refractivity contribution is -0.120. The molecular formula is C21H20ClN3O5S2. The highest BCUT2D eigenvalue weighted by Crippen LogP contribution is 2.30. The van der Waals surface area contributed by atoms with Gasteiger partial charge < -0.3 is 10.1 Å². The van der Waals surface area contributed by atoms with Crippen molar-refractivity contribution in [3.05, 3.63) is 53.1 Å². The number of amides is 1. The number of nitrogens with zero attached hydrogens (tertiary/aromatic N) is 2. The Balaban J connectivity index is 1.43. The Morgan fingerprint density at radius 2 is 1.91 bits per heavy atom. The quantitative estimate of drug-likeness (QED) is 0.542. The van der Waals surface area contributed by atoms with Crippen LogP contribution in [0.1, 0.15) is 23.2 Å². The molecule has 3 aromatic rings. The predicted octanol–water partition coefficient (Wildman–Crippen LogP) is 3.78. The summed E-state index contributed by atoms with van der Waals surface area (Å²) >= 11 is 7.33. The number of esters is 1. The van der Waals surface area contributed by atoms with Gasteiger partial charge in [-0.3, -0.25) is 4.79 Å². The van der Waals surface area contributed by atoms with Gasteiger partial charge in [-0.25, -0.2) is 18.2 Å². The second kappa shape index (κ2) is 9.14. The largest absolute Gasteiger partial charge is 0.465 e. The van der Waals surface area contributed by atoms with Crippen LogP contribution in [0.2, 0.25) is 5.02 Å². The number of halogens is 1. The SMILES string of the molecule is COC(=O)c1ccccc1S(=O)(=O)N1CCC(C(=O)Nc2nc3ccc(Cl)cc3s2)CC1.